The molecule has 1 aromatic carbocycles. The van der Waals surface area contributed by atoms with Crippen LogP contribution in [0.15, 0.2) is 41.1 Å². The predicted octanol–water partition coefficient (Wildman–Crippen LogP) is 4.38. The second-order valence-corrected chi connectivity index (χ2v) is 5.65. The van der Waals surface area contributed by atoms with Gasteiger partial charge in [0.15, 0.2) is 0 Å². The molecule has 0 aliphatic rings. The topological polar surface area (TPSA) is 24.9 Å². The molecule has 20 heavy (non-hydrogen) atoms. The zero-order valence-corrected chi connectivity index (χ0v) is 13.2. The number of nitrogens with zero attached hydrogens (tertiary/aromatic N) is 1. The van der Waals surface area contributed by atoms with Gasteiger partial charge in [-0.1, -0.05) is 35.0 Å². The molecule has 1 atom stereocenters. The molecule has 1 aromatic heterocycles. The molecule has 0 radical (unpaired) electrons. The Morgan fingerprint density at radius 2 is 2.15 bits per heavy atom. The average Bonchev–Trinajstić information content (AvgIpc) is 2.44. The minimum Gasteiger partial charge on any atom is -0.306 e. The molecule has 0 aliphatic heterocycles. The first-order chi connectivity index (χ1) is 9.63. The largest absolute Gasteiger partial charge is 0.306 e. The molecule has 0 amide bonds. The molecule has 2 aromatic rings. The Kier molecular flexibility index (Phi) is 5.26. The van der Waals surface area contributed by atoms with Crippen LogP contribution in [0.4, 0.5) is 4.39 Å². The van der Waals surface area contributed by atoms with Crippen LogP contribution in [0.2, 0.25) is 0 Å². The molecular weight excluding hydrogens is 319 g/mol. The van der Waals surface area contributed by atoms with Crippen molar-refractivity contribution in [3.63, 3.8) is 0 Å². The monoisotopic (exact) mass is 336 g/mol. The van der Waals surface area contributed by atoms with E-state index in [2.05, 4.69) is 33.2 Å². The Balaban J connectivity index is 2.41. The number of benzene rings is 1. The maximum Gasteiger partial charge on any atom is 0.146 e. The lowest BCUT2D eigenvalue weighted by atomic mass is 9.98. The Bertz CT molecular complexity index is 586. The van der Waals surface area contributed by atoms with Crippen LogP contribution >= 0.6 is 15.9 Å². The fourth-order valence-electron chi connectivity index (χ4n) is 2.10. The van der Waals surface area contributed by atoms with Crippen molar-refractivity contribution in [1.29, 1.82) is 0 Å². The normalized spacial score (nSPS) is 12.4. The Hall–Kier alpha value is -1.26. The number of aryl methyl sites for hydroxylation is 1. The van der Waals surface area contributed by atoms with E-state index < -0.39 is 0 Å². The van der Waals surface area contributed by atoms with Gasteiger partial charge in [-0.15, -0.1) is 0 Å². The Labute approximate surface area is 127 Å². The average molecular weight is 337 g/mol. The summed E-state index contributed by atoms with van der Waals surface area (Å²) in [6.45, 7) is 4.96. The maximum absolute atomic E-state index is 14.0. The van der Waals surface area contributed by atoms with Gasteiger partial charge in [0.1, 0.15) is 5.82 Å². The number of halogens is 2. The SMILES string of the molecule is CCCNC(c1ccc(C)c(Br)c1)c1ccncc1F. The first-order valence-corrected chi connectivity index (χ1v) is 7.51. The first kappa shape index (κ1) is 15.1. The summed E-state index contributed by atoms with van der Waals surface area (Å²) >= 11 is 3.54. The minimum absolute atomic E-state index is 0.158. The zero-order chi connectivity index (χ0) is 14.5. The molecule has 0 fully saturated rings. The van der Waals surface area contributed by atoms with Crippen LogP contribution in [0.5, 0.6) is 0 Å². The van der Waals surface area contributed by atoms with E-state index in [1.165, 1.54) is 6.20 Å². The van der Waals surface area contributed by atoms with Crippen molar-refractivity contribution in [2.75, 3.05) is 6.54 Å². The summed E-state index contributed by atoms with van der Waals surface area (Å²) in [6, 6.07) is 7.70. The van der Waals surface area contributed by atoms with Crippen LogP contribution in [-0.2, 0) is 0 Å². The Morgan fingerprint density at radius 3 is 2.80 bits per heavy atom. The molecule has 0 saturated carbocycles. The lowest BCUT2D eigenvalue weighted by Crippen LogP contribution is -2.24. The van der Waals surface area contributed by atoms with Gasteiger partial charge < -0.3 is 5.32 Å². The van der Waals surface area contributed by atoms with Crippen LogP contribution in [0.3, 0.4) is 0 Å². The van der Waals surface area contributed by atoms with E-state index in [-0.39, 0.29) is 11.9 Å². The molecule has 1 heterocycles. The predicted molar refractivity (Wildman–Crippen MR) is 83.2 cm³/mol. The van der Waals surface area contributed by atoms with E-state index in [4.69, 9.17) is 0 Å². The van der Waals surface area contributed by atoms with Crippen LogP contribution in [0.25, 0.3) is 0 Å². The van der Waals surface area contributed by atoms with E-state index in [0.29, 0.717) is 5.56 Å². The summed E-state index contributed by atoms with van der Waals surface area (Å²) in [5, 5.41) is 3.40. The highest BCUT2D eigenvalue weighted by molar-refractivity contribution is 9.10. The Morgan fingerprint density at radius 1 is 1.35 bits per heavy atom. The fraction of sp³-hybridized carbons (Fsp3) is 0.312. The lowest BCUT2D eigenvalue weighted by molar-refractivity contribution is 0.543. The number of aromatic nitrogens is 1. The number of rotatable bonds is 5. The van der Waals surface area contributed by atoms with Gasteiger partial charge in [-0.2, -0.15) is 0 Å². The molecule has 0 bridgehead atoms. The van der Waals surface area contributed by atoms with Gasteiger partial charge in [-0.3, -0.25) is 4.98 Å². The van der Waals surface area contributed by atoms with Crippen LogP contribution in [0.1, 0.15) is 36.1 Å². The number of hydrogen-bond donors (Lipinski definition) is 1. The lowest BCUT2D eigenvalue weighted by Gasteiger charge is -2.20. The molecular formula is C16H18BrFN2. The van der Waals surface area contributed by atoms with E-state index in [1.54, 1.807) is 12.3 Å². The van der Waals surface area contributed by atoms with Gasteiger partial charge >= 0.3 is 0 Å². The van der Waals surface area contributed by atoms with E-state index in [0.717, 1.165) is 28.6 Å². The third-order valence-corrected chi connectivity index (χ3v) is 4.10. The number of hydrogen-bond acceptors (Lipinski definition) is 2. The summed E-state index contributed by atoms with van der Waals surface area (Å²) in [5.74, 6) is -0.280. The van der Waals surface area contributed by atoms with Gasteiger partial charge in [0.25, 0.3) is 0 Å². The van der Waals surface area contributed by atoms with Gasteiger partial charge in [0.2, 0.25) is 0 Å². The van der Waals surface area contributed by atoms with Gasteiger partial charge in [0, 0.05) is 16.2 Å². The van der Waals surface area contributed by atoms with Crippen LogP contribution in [0, 0.1) is 12.7 Å². The van der Waals surface area contributed by atoms with Crippen LogP contribution < -0.4 is 5.32 Å². The third-order valence-electron chi connectivity index (χ3n) is 3.24. The van der Waals surface area contributed by atoms with Crippen molar-refractivity contribution in [1.82, 2.24) is 10.3 Å². The molecule has 1 N–H and O–H groups in total. The van der Waals surface area contributed by atoms with Gasteiger partial charge in [0.05, 0.1) is 12.2 Å². The minimum atomic E-state index is -0.280. The summed E-state index contributed by atoms with van der Waals surface area (Å²) in [4.78, 5) is 3.82. The summed E-state index contributed by atoms with van der Waals surface area (Å²) in [7, 11) is 0. The van der Waals surface area contributed by atoms with Crippen molar-refractivity contribution < 1.29 is 4.39 Å². The summed E-state index contributed by atoms with van der Waals surface area (Å²) < 4.78 is 15.1. The second kappa shape index (κ2) is 6.95. The van der Waals surface area contributed by atoms with Gasteiger partial charge in [-0.05, 0) is 43.1 Å². The highest BCUT2D eigenvalue weighted by Crippen LogP contribution is 2.27. The van der Waals surface area contributed by atoms with Crippen LogP contribution in [-0.4, -0.2) is 11.5 Å². The van der Waals surface area contributed by atoms with E-state index in [9.17, 15) is 4.39 Å². The van der Waals surface area contributed by atoms with E-state index >= 15 is 0 Å². The zero-order valence-electron chi connectivity index (χ0n) is 11.7. The molecule has 0 spiro atoms. The fourth-order valence-corrected chi connectivity index (χ4v) is 2.50. The number of nitrogens with one attached hydrogen (secondary N) is 1. The third kappa shape index (κ3) is 3.44. The highest BCUT2D eigenvalue weighted by Gasteiger charge is 2.17. The second-order valence-electron chi connectivity index (χ2n) is 4.79. The molecule has 4 heteroatoms. The van der Waals surface area contributed by atoms with Crippen molar-refractivity contribution in [2.24, 2.45) is 0 Å². The first-order valence-electron chi connectivity index (χ1n) is 6.72. The highest BCUT2D eigenvalue weighted by atomic mass is 79.9. The smallest absolute Gasteiger partial charge is 0.146 e. The van der Waals surface area contributed by atoms with Crippen molar-refractivity contribution in [3.05, 3.63) is 63.6 Å². The number of pyridine rings is 1. The molecule has 2 rings (SSSR count). The summed E-state index contributed by atoms with van der Waals surface area (Å²) in [6.07, 6.45) is 3.89. The van der Waals surface area contributed by atoms with Crippen molar-refractivity contribution in [2.45, 2.75) is 26.3 Å². The molecule has 106 valence electrons. The summed E-state index contributed by atoms with van der Waals surface area (Å²) in [5.41, 5.74) is 2.84. The molecule has 0 aliphatic carbocycles. The standard InChI is InChI=1S/C16H18BrFN2/c1-3-7-20-16(13-6-8-19-10-15(13)18)12-5-4-11(2)14(17)9-12/h4-6,8-10,16,20H,3,7H2,1-2H3. The van der Waals surface area contributed by atoms with E-state index in [1.807, 2.05) is 25.1 Å². The molecule has 0 saturated heterocycles. The quantitative estimate of drug-likeness (QED) is 0.876. The maximum atomic E-state index is 14.0. The molecule has 1 unspecified atom stereocenters. The van der Waals surface area contributed by atoms with Crippen molar-refractivity contribution >= 4 is 15.9 Å². The molecule has 2 nitrogen and oxygen atoms in total. The van der Waals surface area contributed by atoms with Gasteiger partial charge in [-0.25, -0.2) is 4.39 Å². The van der Waals surface area contributed by atoms with Crippen molar-refractivity contribution in [3.8, 4) is 0 Å².